The van der Waals surface area contributed by atoms with Crippen molar-refractivity contribution in [3.63, 3.8) is 0 Å². The Hall–Kier alpha value is -2.35. The largest absolute Gasteiger partial charge is 0.444 e. The molecule has 1 aliphatic carbocycles. The highest BCUT2D eigenvalue weighted by Crippen LogP contribution is 2.51. The fourth-order valence-electron chi connectivity index (χ4n) is 4.23. The predicted octanol–water partition coefficient (Wildman–Crippen LogP) is 4.55. The van der Waals surface area contributed by atoms with E-state index in [1.165, 1.54) is 0 Å². The Kier molecular flexibility index (Phi) is 5.40. The summed E-state index contributed by atoms with van der Waals surface area (Å²) in [4.78, 5) is 29.8. The van der Waals surface area contributed by atoms with Gasteiger partial charge in [0.25, 0.3) is 5.91 Å². The molecule has 1 aromatic heterocycles. The van der Waals surface area contributed by atoms with Gasteiger partial charge in [-0.05, 0) is 58.2 Å². The molecule has 7 nitrogen and oxygen atoms in total. The van der Waals surface area contributed by atoms with Crippen molar-refractivity contribution in [2.45, 2.75) is 70.8 Å². The van der Waals surface area contributed by atoms with E-state index in [0.717, 1.165) is 28.6 Å². The summed E-state index contributed by atoms with van der Waals surface area (Å²) in [6.45, 7) is 8.35. The molecule has 1 atom stereocenters. The number of carbonyl (C=O) groups excluding carboxylic acids is 2. The summed E-state index contributed by atoms with van der Waals surface area (Å²) in [6, 6.07) is 8.07. The van der Waals surface area contributed by atoms with Crippen molar-refractivity contribution in [3.05, 3.63) is 51.8 Å². The number of halogens is 1. The van der Waals surface area contributed by atoms with Gasteiger partial charge in [0.1, 0.15) is 5.60 Å². The summed E-state index contributed by atoms with van der Waals surface area (Å²) < 4.78 is 8.42. The number of rotatable bonds is 3. The topological polar surface area (TPSA) is 67.7 Å². The van der Waals surface area contributed by atoms with Gasteiger partial charge in [-0.3, -0.25) is 14.4 Å². The van der Waals surface area contributed by atoms with E-state index in [0.29, 0.717) is 18.7 Å². The molecule has 1 aromatic carbocycles. The van der Waals surface area contributed by atoms with E-state index in [4.69, 9.17) is 4.74 Å². The van der Waals surface area contributed by atoms with Crippen LogP contribution in [0.25, 0.3) is 0 Å². The summed E-state index contributed by atoms with van der Waals surface area (Å²) in [5.74, 6) is -0.0718. The molecular weight excluding hydrogens is 460 g/mol. The second-order valence-electron chi connectivity index (χ2n) is 9.55. The third-order valence-electron chi connectivity index (χ3n) is 6.13. The van der Waals surface area contributed by atoms with Crippen molar-refractivity contribution in [2.75, 3.05) is 7.05 Å². The number of carbonyl (C=O) groups is 2. The maximum Gasteiger partial charge on any atom is 0.410 e. The minimum atomic E-state index is -0.574. The van der Waals surface area contributed by atoms with Gasteiger partial charge in [0.15, 0.2) is 0 Å². The van der Waals surface area contributed by atoms with Crippen LogP contribution in [-0.2, 0) is 23.4 Å². The van der Waals surface area contributed by atoms with Gasteiger partial charge in [0, 0.05) is 11.5 Å². The number of benzene rings is 1. The molecule has 2 amide bonds. The molecule has 1 fully saturated rings. The molecule has 1 unspecified atom stereocenters. The van der Waals surface area contributed by atoms with Crippen LogP contribution >= 0.6 is 15.9 Å². The first-order valence-corrected chi connectivity index (χ1v) is 11.4. The van der Waals surface area contributed by atoms with Crippen LogP contribution in [0.15, 0.2) is 34.9 Å². The Labute approximate surface area is 191 Å². The zero-order valence-corrected chi connectivity index (χ0v) is 20.3. The van der Waals surface area contributed by atoms with Crippen LogP contribution in [0.4, 0.5) is 4.79 Å². The fraction of sp³-hybridized carbons (Fsp3) is 0.522. The number of fused-ring (bicyclic) bond motifs is 1. The van der Waals surface area contributed by atoms with Gasteiger partial charge in [0.2, 0.25) is 0 Å². The van der Waals surface area contributed by atoms with Gasteiger partial charge < -0.3 is 9.64 Å². The van der Waals surface area contributed by atoms with Gasteiger partial charge in [-0.15, -0.1) is 0 Å². The lowest BCUT2D eigenvalue weighted by atomic mass is 10.0. The second kappa shape index (κ2) is 7.65. The SMILES string of the molecule is CC1Cn2ncc(C(=O)N(C)C3(c4cccc(Br)c4)CC3)c2CN1C(=O)OC(C)(C)C. The van der Waals surface area contributed by atoms with Crippen LogP contribution in [0.3, 0.4) is 0 Å². The minimum Gasteiger partial charge on any atom is -0.444 e. The highest BCUT2D eigenvalue weighted by molar-refractivity contribution is 9.10. The molecule has 0 spiro atoms. The number of hydrogen-bond donors (Lipinski definition) is 0. The lowest BCUT2D eigenvalue weighted by Gasteiger charge is -2.36. The first-order chi connectivity index (χ1) is 14.5. The van der Waals surface area contributed by atoms with Crippen LogP contribution in [0, 0.1) is 0 Å². The van der Waals surface area contributed by atoms with E-state index < -0.39 is 5.60 Å². The minimum absolute atomic E-state index is 0.0700. The maximum absolute atomic E-state index is 13.5. The van der Waals surface area contributed by atoms with Gasteiger partial charge in [-0.2, -0.15) is 5.10 Å². The molecular formula is C23H29BrN4O3. The lowest BCUT2D eigenvalue weighted by Crippen LogP contribution is -2.47. The summed E-state index contributed by atoms with van der Waals surface area (Å²) in [6.07, 6.45) is 3.12. The van der Waals surface area contributed by atoms with E-state index in [2.05, 4.69) is 33.2 Å². The average Bonchev–Trinajstić information content (AvgIpc) is 3.40. The predicted molar refractivity (Wildman–Crippen MR) is 121 cm³/mol. The molecule has 31 heavy (non-hydrogen) atoms. The van der Waals surface area contributed by atoms with Crippen LogP contribution in [0.2, 0.25) is 0 Å². The van der Waals surface area contributed by atoms with Crippen molar-refractivity contribution in [3.8, 4) is 0 Å². The third-order valence-corrected chi connectivity index (χ3v) is 6.62. The standard InChI is InChI=1S/C23H29BrN4O3/c1-15-13-28-19(14-27(15)21(30)31-22(2,3)4)18(12-25-28)20(29)26(5)23(9-10-23)16-7-6-8-17(24)11-16/h6-8,11-12,15H,9-10,13-14H2,1-5H3. The van der Waals surface area contributed by atoms with Crippen molar-refractivity contribution in [1.29, 1.82) is 0 Å². The summed E-state index contributed by atoms with van der Waals surface area (Å²) >= 11 is 3.54. The molecule has 1 saturated carbocycles. The fourth-order valence-corrected chi connectivity index (χ4v) is 4.63. The van der Waals surface area contributed by atoms with Crippen LogP contribution in [-0.4, -0.2) is 50.3 Å². The van der Waals surface area contributed by atoms with Crippen LogP contribution in [0.5, 0.6) is 0 Å². The van der Waals surface area contributed by atoms with Crippen molar-refractivity contribution in [2.24, 2.45) is 0 Å². The molecule has 4 rings (SSSR count). The smallest absolute Gasteiger partial charge is 0.410 e. The summed E-state index contributed by atoms with van der Waals surface area (Å²) in [7, 11) is 1.86. The lowest BCUT2D eigenvalue weighted by molar-refractivity contribution is 0.00882. The maximum atomic E-state index is 13.5. The highest BCUT2D eigenvalue weighted by atomic mass is 79.9. The summed E-state index contributed by atoms with van der Waals surface area (Å²) in [5, 5.41) is 4.45. The van der Waals surface area contributed by atoms with Crippen LogP contribution < -0.4 is 0 Å². The molecule has 1 aliphatic heterocycles. The second-order valence-corrected chi connectivity index (χ2v) is 10.5. The first kappa shape index (κ1) is 21.9. The Morgan fingerprint density at radius 2 is 2.00 bits per heavy atom. The third kappa shape index (κ3) is 4.10. The Morgan fingerprint density at radius 3 is 2.61 bits per heavy atom. The van der Waals surface area contributed by atoms with Crippen molar-refractivity contribution in [1.82, 2.24) is 19.6 Å². The first-order valence-electron chi connectivity index (χ1n) is 10.6. The Balaban J connectivity index is 1.59. The highest BCUT2D eigenvalue weighted by Gasteiger charge is 2.50. The van der Waals surface area contributed by atoms with E-state index in [1.807, 2.05) is 56.5 Å². The molecule has 8 heteroatoms. The number of aromatic nitrogens is 2. The normalized spacial score (nSPS) is 19.5. The number of nitrogens with zero attached hydrogens (tertiary/aromatic N) is 4. The molecule has 0 bridgehead atoms. The molecule has 0 saturated heterocycles. The van der Waals surface area contributed by atoms with Gasteiger partial charge in [-0.1, -0.05) is 28.1 Å². The molecule has 2 aliphatic rings. The summed E-state index contributed by atoms with van der Waals surface area (Å²) in [5.41, 5.74) is 1.57. The molecule has 0 radical (unpaired) electrons. The van der Waals surface area contributed by atoms with E-state index >= 15 is 0 Å². The number of ether oxygens (including phenoxy) is 1. The molecule has 166 valence electrons. The molecule has 2 heterocycles. The molecule has 0 N–H and O–H groups in total. The quantitative estimate of drug-likeness (QED) is 0.635. The Bertz CT molecular complexity index is 1020. The van der Waals surface area contributed by atoms with Gasteiger partial charge >= 0.3 is 6.09 Å². The molecule has 2 aromatic rings. The average molecular weight is 489 g/mol. The monoisotopic (exact) mass is 488 g/mol. The van der Waals surface area contributed by atoms with Gasteiger partial charge in [-0.25, -0.2) is 4.79 Å². The van der Waals surface area contributed by atoms with E-state index in [1.54, 1.807) is 11.1 Å². The van der Waals surface area contributed by atoms with Crippen LogP contribution in [0.1, 0.15) is 62.2 Å². The number of hydrogen-bond acceptors (Lipinski definition) is 4. The zero-order valence-electron chi connectivity index (χ0n) is 18.7. The van der Waals surface area contributed by atoms with E-state index in [9.17, 15) is 9.59 Å². The van der Waals surface area contributed by atoms with Crippen molar-refractivity contribution >= 4 is 27.9 Å². The number of amides is 2. The zero-order chi connectivity index (χ0) is 22.6. The van der Waals surface area contributed by atoms with E-state index in [-0.39, 0.29) is 23.6 Å². The van der Waals surface area contributed by atoms with Gasteiger partial charge in [0.05, 0.1) is 42.1 Å². The Morgan fingerprint density at radius 1 is 1.29 bits per heavy atom. The van der Waals surface area contributed by atoms with Crippen molar-refractivity contribution < 1.29 is 14.3 Å².